The third kappa shape index (κ3) is 8.35. The molecule has 1 heterocycles. The Kier molecular flexibility index (Phi) is 9.90. The molecule has 16 heteroatoms. The minimum Gasteiger partial charge on any atom is -0.504 e. The zero-order valence-corrected chi connectivity index (χ0v) is 24.6. The molecule has 14 nitrogen and oxygen atoms in total. The lowest BCUT2D eigenvalue weighted by Gasteiger charge is -2.22. The van der Waals surface area contributed by atoms with Crippen LogP contribution in [0.4, 0.5) is 5.69 Å². The molecule has 0 bridgehead atoms. The van der Waals surface area contributed by atoms with E-state index >= 15 is 0 Å². The molecule has 4 aromatic rings. The van der Waals surface area contributed by atoms with Gasteiger partial charge in [0.25, 0.3) is 11.8 Å². The topological polar surface area (TPSA) is 232 Å². The number of fused-ring (bicyclic) bond motifs is 1. The number of aromatic hydroxyl groups is 4. The molecule has 0 spiro atoms. The normalized spacial score (nSPS) is 11.4. The maximum absolute atomic E-state index is 13.0. The Morgan fingerprint density at radius 3 is 1.80 bits per heavy atom. The van der Waals surface area contributed by atoms with Gasteiger partial charge in [0.1, 0.15) is 4.21 Å². The predicted molar refractivity (Wildman–Crippen MR) is 162 cm³/mol. The molecule has 0 aliphatic carbocycles. The van der Waals surface area contributed by atoms with Crippen LogP contribution in [0.1, 0.15) is 20.7 Å². The Morgan fingerprint density at radius 2 is 1.30 bits per heavy atom. The van der Waals surface area contributed by atoms with Gasteiger partial charge in [-0.05, 0) is 66.0 Å². The zero-order valence-electron chi connectivity index (χ0n) is 23.0. The van der Waals surface area contributed by atoms with Gasteiger partial charge in [-0.25, -0.2) is 13.6 Å². The van der Waals surface area contributed by atoms with E-state index in [1.807, 2.05) is 0 Å². The molecule has 0 fully saturated rings. The number of phenols is 4. The quantitative estimate of drug-likeness (QED) is 0.104. The molecule has 9 N–H and O–H groups in total. The second kappa shape index (κ2) is 13.6. The predicted octanol–water partition coefficient (Wildman–Crippen LogP) is 1.47. The van der Waals surface area contributed by atoms with E-state index < -0.39 is 39.2 Å². The third-order valence-electron chi connectivity index (χ3n) is 6.33. The van der Waals surface area contributed by atoms with Crippen molar-refractivity contribution in [3.05, 3.63) is 71.8 Å². The van der Waals surface area contributed by atoms with Gasteiger partial charge in [0.05, 0.1) is 6.54 Å². The molecular formula is C28H29N5O9S2. The van der Waals surface area contributed by atoms with E-state index in [0.717, 1.165) is 23.5 Å². The van der Waals surface area contributed by atoms with Gasteiger partial charge in [0, 0.05) is 47.7 Å². The number of primary sulfonamides is 1. The van der Waals surface area contributed by atoms with Gasteiger partial charge in [0.2, 0.25) is 15.9 Å². The van der Waals surface area contributed by atoms with Gasteiger partial charge in [-0.2, -0.15) is 0 Å². The standard InChI is InChI=1S/C28H29N5O9S2/c29-44(41,42)26-14-18-11-19(3-6-24(18)43-26)32-25(38)15-33(9-7-30-27(39)16-1-4-20(34)22(36)12-16)10-8-31-28(40)17-2-5-21(35)23(37)13-17/h1-6,11-14,34-37H,7-10,15H2,(H,30,39)(H,31,40)(H,32,38)(H2,29,41,42). The van der Waals surface area contributed by atoms with Gasteiger partial charge in [0.15, 0.2) is 23.0 Å². The van der Waals surface area contributed by atoms with Crippen LogP contribution in [-0.2, 0) is 14.8 Å². The van der Waals surface area contributed by atoms with Crippen molar-refractivity contribution in [2.24, 2.45) is 5.14 Å². The highest BCUT2D eigenvalue weighted by molar-refractivity contribution is 7.91. The van der Waals surface area contributed by atoms with Crippen molar-refractivity contribution >= 4 is 54.9 Å². The number of amides is 3. The lowest BCUT2D eigenvalue weighted by atomic mass is 10.2. The molecule has 4 rings (SSSR count). The summed E-state index contributed by atoms with van der Waals surface area (Å²) in [4.78, 5) is 39.6. The first-order valence-electron chi connectivity index (χ1n) is 13.0. The molecule has 3 aromatic carbocycles. The molecule has 1 aromatic heterocycles. The van der Waals surface area contributed by atoms with Crippen LogP contribution in [0.15, 0.2) is 64.9 Å². The summed E-state index contributed by atoms with van der Waals surface area (Å²) in [6.45, 7) is 0.395. The Labute approximate surface area is 255 Å². The molecule has 0 radical (unpaired) electrons. The van der Waals surface area contributed by atoms with Gasteiger partial charge in [-0.1, -0.05) is 0 Å². The molecule has 0 unspecified atom stereocenters. The molecule has 0 saturated heterocycles. The highest BCUT2D eigenvalue weighted by Gasteiger charge is 2.16. The van der Waals surface area contributed by atoms with Crippen LogP contribution in [0.3, 0.4) is 0 Å². The molecule has 232 valence electrons. The summed E-state index contributed by atoms with van der Waals surface area (Å²) in [5.74, 6) is -3.10. The molecule has 0 atom stereocenters. The number of nitrogens with zero attached hydrogens (tertiary/aromatic N) is 1. The summed E-state index contributed by atoms with van der Waals surface area (Å²) >= 11 is 1.01. The molecule has 44 heavy (non-hydrogen) atoms. The highest BCUT2D eigenvalue weighted by atomic mass is 32.2. The largest absolute Gasteiger partial charge is 0.504 e. The lowest BCUT2D eigenvalue weighted by molar-refractivity contribution is -0.117. The number of nitrogens with one attached hydrogen (secondary N) is 3. The van der Waals surface area contributed by atoms with Gasteiger partial charge in [-0.15, -0.1) is 11.3 Å². The Hall–Kier alpha value is -4.90. The Bertz CT molecular complexity index is 1760. The average Bonchev–Trinajstić information content (AvgIpc) is 3.40. The maximum atomic E-state index is 13.0. The number of thiophene rings is 1. The number of phenolic OH excluding ortho intramolecular Hbond substituents is 4. The first-order valence-corrected chi connectivity index (χ1v) is 15.4. The number of hydrogen-bond acceptors (Lipinski definition) is 11. The minimum absolute atomic E-state index is 0.00345. The Morgan fingerprint density at radius 1 is 0.750 bits per heavy atom. The van der Waals surface area contributed by atoms with Crippen molar-refractivity contribution in [2.45, 2.75) is 4.21 Å². The van der Waals surface area contributed by atoms with Crippen molar-refractivity contribution < 1.29 is 43.2 Å². The van der Waals surface area contributed by atoms with Gasteiger partial charge < -0.3 is 36.4 Å². The fourth-order valence-electron chi connectivity index (χ4n) is 4.10. The van der Waals surface area contributed by atoms with Crippen LogP contribution in [0.25, 0.3) is 10.1 Å². The van der Waals surface area contributed by atoms with Crippen molar-refractivity contribution in [1.82, 2.24) is 15.5 Å². The van der Waals surface area contributed by atoms with E-state index in [4.69, 9.17) is 5.14 Å². The fraction of sp³-hybridized carbons (Fsp3) is 0.179. The minimum atomic E-state index is -3.87. The number of benzene rings is 3. The maximum Gasteiger partial charge on any atom is 0.251 e. The van der Waals surface area contributed by atoms with Crippen molar-refractivity contribution in [1.29, 1.82) is 0 Å². The summed E-state index contributed by atoms with van der Waals surface area (Å²) < 4.78 is 24.0. The van der Waals surface area contributed by atoms with E-state index in [1.165, 1.54) is 30.3 Å². The number of rotatable bonds is 12. The van der Waals surface area contributed by atoms with Gasteiger partial charge in [-0.3, -0.25) is 19.3 Å². The number of carbonyl (C=O) groups excluding carboxylic acids is 3. The lowest BCUT2D eigenvalue weighted by Crippen LogP contribution is -2.43. The zero-order chi connectivity index (χ0) is 32.0. The summed E-state index contributed by atoms with van der Waals surface area (Å²) in [7, 11) is -3.87. The molecule has 0 aliphatic heterocycles. The third-order valence-corrected chi connectivity index (χ3v) is 8.86. The number of hydrogen-bond donors (Lipinski definition) is 8. The molecule has 0 aliphatic rings. The number of nitrogens with two attached hydrogens (primary N) is 1. The summed E-state index contributed by atoms with van der Waals surface area (Å²) in [6.07, 6.45) is 0. The fourth-order valence-corrected chi connectivity index (χ4v) is 5.90. The van der Waals surface area contributed by atoms with E-state index in [9.17, 15) is 43.2 Å². The first-order chi connectivity index (χ1) is 20.8. The van der Waals surface area contributed by atoms with Crippen molar-refractivity contribution in [2.75, 3.05) is 38.0 Å². The van der Waals surface area contributed by atoms with Crippen LogP contribution in [0.2, 0.25) is 0 Å². The van der Waals surface area contributed by atoms with Gasteiger partial charge >= 0.3 is 0 Å². The second-order valence-electron chi connectivity index (χ2n) is 9.61. The number of sulfonamides is 1. The summed E-state index contributed by atoms with van der Waals surface area (Å²) in [5, 5.41) is 52.1. The van der Waals surface area contributed by atoms with Crippen LogP contribution in [-0.4, -0.2) is 84.2 Å². The van der Waals surface area contributed by atoms with E-state index in [1.54, 1.807) is 23.1 Å². The van der Waals surface area contributed by atoms with Crippen LogP contribution >= 0.6 is 11.3 Å². The number of carbonyl (C=O) groups is 3. The number of anilines is 1. The average molecular weight is 644 g/mol. The van der Waals surface area contributed by atoms with E-state index in [0.29, 0.717) is 15.8 Å². The summed E-state index contributed by atoms with van der Waals surface area (Å²) in [5.41, 5.74) is 0.647. The highest BCUT2D eigenvalue weighted by Crippen LogP contribution is 2.30. The van der Waals surface area contributed by atoms with Crippen LogP contribution < -0.4 is 21.1 Å². The molecule has 3 amide bonds. The Balaban J connectivity index is 1.39. The summed E-state index contributed by atoms with van der Waals surface area (Å²) in [6, 6.07) is 13.6. The van der Waals surface area contributed by atoms with Crippen LogP contribution in [0.5, 0.6) is 23.0 Å². The molecular weight excluding hydrogens is 614 g/mol. The first kappa shape index (κ1) is 32.0. The smallest absolute Gasteiger partial charge is 0.251 e. The van der Waals surface area contributed by atoms with Crippen LogP contribution in [0, 0.1) is 0 Å². The monoisotopic (exact) mass is 643 g/mol. The van der Waals surface area contributed by atoms with Crippen molar-refractivity contribution in [3.63, 3.8) is 0 Å². The van der Waals surface area contributed by atoms with E-state index in [-0.39, 0.29) is 59.6 Å². The van der Waals surface area contributed by atoms with E-state index in [2.05, 4.69) is 16.0 Å². The molecule has 0 saturated carbocycles. The second-order valence-corrected chi connectivity index (χ2v) is 12.5. The SMILES string of the molecule is NS(=O)(=O)c1cc2cc(NC(=O)CN(CCNC(=O)c3ccc(O)c(O)c3)CCNC(=O)c3ccc(O)c(O)c3)ccc2s1. The van der Waals surface area contributed by atoms with Crippen molar-refractivity contribution in [3.8, 4) is 23.0 Å².